The minimum atomic E-state index is -0.560. The quantitative estimate of drug-likeness (QED) is 0.762. The largest absolute Gasteiger partial charge is 0.385 e. The van der Waals surface area contributed by atoms with Crippen LogP contribution in [0.25, 0.3) is 0 Å². The van der Waals surface area contributed by atoms with E-state index in [1.54, 1.807) is 14.0 Å². The summed E-state index contributed by atoms with van der Waals surface area (Å²) in [6.07, 6.45) is 0.712. The summed E-state index contributed by atoms with van der Waals surface area (Å²) in [5, 5.41) is 2.73. The second-order valence-corrected chi connectivity index (χ2v) is 3.33. The molecule has 1 N–H and O–H groups in total. The molecule has 0 aliphatic carbocycles. The molecule has 0 spiro atoms. The van der Waals surface area contributed by atoms with Crippen molar-refractivity contribution in [3.8, 4) is 0 Å². The fourth-order valence-corrected chi connectivity index (χ4v) is 1.25. The van der Waals surface area contributed by atoms with Crippen molar-refractivity contribution in [2.24, 2.45) is 0 Å². The maximum atomic E-state index is 13.4. The maximum absolute atomic E-state index is 13.4. The molecule has 1 aromatic carbocycles. The van der Waals surface area contributed by atoms with Crippen LogP contribution in [-0.4, -0.2) is 20.3 Å². The summed E-state index contributed by atoms with van der Waals surface area (Å²) in [4.78, 5) is 0. The highest BCUT2D eigenvalue weighted by Gasteiger charge is 2.10. The van der Waals surface area contributed by atoms with Gasteiger partial charge in [-0.25, -0.2) is 8.78 Å². The van der Waals surface area contributed by atoms with Gasteiger partial charge < -0.3 is 10.1 Å². The summed E-state index contributed by atoms with van der Waals surface area (Å²) in [5.74, 6) is -1.08. The van der Waals surface area contributed by atoms with Gasteiger partial charge in [0.2, 0.25) is 0 Å². The van der Waals surface area contributed by atoms with Gasteiger partial charge in [0, 0.05) is 20.3 Å². The number of nitrogens with one attached hydrogen (secondary N) is 1. The third-order valence-corrected chi connectivity index (χ3v) is 2.11. The standard InChI is InChI=1S/C11H15F2NO/c1-8-4-5-9(12)11(10(8)13)14-6-3-7-15-2/h4-5,14H,3,6-7H2,1-2H3. The molecular formula is C11H15F2NO. The van der Waals surface area contributed by atoms with E-state index in [0.717, 1.165) is 0 Å². The lowest BCUT2D eigenvalue weighted by Crippen LogP contribution is -2.08. The SMILES string of the molecule is COCCCNc1c(F)ccc(C)c1F. The van der Waals surface area contributed by atoms with Crippen LogP contribution in [0.2, 0.25) is 0 Å². The molecule has 0 aliphatic heterocycles. The summed E-state index contributed by atoms with van der Waals surface area (Å²) in [6, 6.07) is 2.68. The predicted molar refractivity (Wildman–Crippen MR) is 56.1 cm³/mol. The van der Waals surface area contributed by atoms with E-state index in [1.165, 1.54) is 12.1 Å². The molecule has 1 rings (SSSR count). The molecule has 0 unspecified atom stereocenters. The molecule has 0 bridgehead atoms. The highest BCUT2D eigenvalue weighted by atomic mass is 19.1. The van der Waals surface area contributed by atoms with E-state index in [4.69, 9.17) is 4.74 Å². The van der Waals surface area contributed by atoms with Gasteiger partial charge in [0.25, 0.3) is 0 Å². The van der Waals surface area contributed by atoms with Crippen LogP contribution in [0.1, 0.15) is 12.0 Å². The smallest absolute Gasteiger partial charge is 0.152 e. The van der Waals surface area contributed by atoms with Crippen LogP contribution in [0.15, 0.2) is 12.1 Å². The van der Waals surface area contributed by atoms with Crippen molar-refractivity contribution < 1.29 is 13.5 Å². The molecule has 0 atom stereocenters. The van der Waals surface area contributed by atoms with Crippen molar-refractivity contribution in [1.82, 2.24) is 0 Å². The van der Waals surface area contributed by atoms with Crippen LogP contribution in [0.3, 0.4) is 0 Å². The number of anilines is 1. The molecule has 15 heavy (non-hydrogen) atoms. The van der Waals surface area contributed by atoms with E-state index in [-0.39, 0.29) is 5.69 Å². The second-order valence-electron chi connectivity index (χ2n) is 3.33. The predicted octanol–water partition coefficient (Wildman–Crippen LogP) is 2.72. The monoisotopic (exact) mass is 215 g/mol. The van der Waals surface area contributed by atoms with Crippen molar-refractivity contribution in [2.45, 2.75) is 13.3 Å². The van der Waals surface area contributed by atoms with Crippen LogP contribution < -0.4 is 5.32 Å². The first-order valence-electron chi connectivity index (χ1n) is 4.84. The summed E-state index contributed by atoms with van der Waals surface area (Å²) in [7, 11) is 1.59. The lowest BCUT2D eigenvalue weighted by Gasteiger charge is -2.09. The third kappa shape index (κ3) is 3.16. The minimum absolute atomic E-state index is 0.0499. The van der Waals surface area contributed by atoms with Crippen molar-refractivity contribution in [2.75, 3.05) is 25.6 Å². The van der Waals surface area contributed by atoms with Crippen molar-refractivity contribution in [3.63, 3.8) is 0 Å². The van der Waals surface area contributed by atoms with Crippen LogP contribution in [-0.2, 0) is 4.74 Å². The number of hydrogen-bond acceptors (Lipinski definition) is 2. The molecule has 0 saturated heterocycles. The molecule has 4 heteroatoms. The summed E-state index contributed by atoms with van der Waals surface area (Å²) < 4.78 is 31.5. The maximum Gasteiger partial charge on any atom is 0.152 e. The minimum Gasteiger partial charge on any atom is -0.385 e. The van der Waals surface area contributed by atoms with E-state index < -0.39 is 11.6 Å². The van der Waals surface area contributed by atoms with Gasteiger partial charge in [-0.05, 0) is 25.0 Å². The van der Waals surface area contributed by atoms with Gasteiger partial charge in [0.05, 0.1) is 0 Å². The van der Waals surface area contributed by atoms with Crippen LogP contribution in [0, 0.1) is 18.6 Å². The lowest BCUT2D eigenvalue weighted by molar-refractivity contribution is 0.197. The Labute approximate surface area is 88.3 Å². The fourth-order valence-electron chi connectivity index (χ4n) is 1.25. The topological polar surface area (TPSA) is 21.3 Å². The zero-order valence-electron chi connectivity index (χ0n) is 8.94. The third-order valence-electron chi connectivity index (χ3n) is 2.11. The molecule has 1 aromatic rings. The molecule has 0 heterocycles. The average Bonchev–Trinajstić information content (AvgIpc) is 2.23. The molecule has 0 amide bonds. The first kappa shape index (κ1) is 11.9. The summed E-state index contributed by atoms with van der Waals surface area (Å²) in [5.41, 5.74) is 0.386. The Morgan fingerprint density at radius 1 is 1.33 bits per heavy atom. The van der Waals surface area contributed by atoms with Gasteiger partial charge in [-0.3, -0.25) is 0 Å². The molecule has 0 fully saturated rings. The van der Waals surface area contributed by atoms with E-state index in [9.17, 15) is 8.78 Å². The van der Waals surface area contributed by atoms with Gasteiger partial charge in [-0.1, -0.05) is 6.07 Å². The number of benzene rings is 1. The van der Waals surface area contributed by atoms with E-state index >= 15 is 0 Å². The average molecular weight is 215 g/mol. The van der Waals surface area contributed by atoms with Crippen molar-refractivity contribution in [1.29, 1.82) is 0 Å². The Morgan fingerprint density at radius 3 is 2.73 bits per heavy atom. The van der Waals surface area contributed by atoms with E-state index in [2.05, 4.69) is 5.32 Å². The molecule has 0 saturated carbocycles. The summed E-state index contributed by atoms with van der Waals surface area (Å²) in [6.45, 7) is 2.67. The van der Waals surface area contributed by atoms with Gasteiger partial charge >= 0.3 is 0 Å². The zero-order valence-corrected chi connectivity index (χ0v) is 8.94. The normalized spacial score (nSPS) is 10.4. The van der Waals surface area contributed by atoms with E-state index in [1.807, 2.05) is 0 Å². The fraction of sp³-hybridized carbons (Fsp3) is 0.455. The number of hydrogen-bond donors (Lipinski definition) is 1. The Balaban J connectivity index is 2.63. The molecule has 2 nitrogen and oxygen atoms in total. The number of rotatable bonds is 5. The number of halogens is 2. The van der Waals surface area contributed by atoms with Crippen LogP contribution >= 0.6 is 0 Å². The number of methoxy groups -OCH3 is 1. The molecule has 0 aromatic heterocycles. The molecule has 0 aliphatic rings. The van der Waals surface area contributed by atoms with Crippen molar-refractivity contribution >= 4 is 5.69 Å². The van der Waals surface area contributed by atoms with E-state index in [0.29, 0.717) is 25.1 Å². The van der Waals surface area contributed by atoms with Crippen LogP contribution in [0.5, 0.6) is 0 Å². The second kappa shape index (κ2) is 5.66. The molecular weight excluding hydrogens is 200 g/mol. The van der Waals surface area contributed by atoms with Crippen LogP contribution in [0.4, 0.5) is 14.5 Å². The highest BCUT2D eigenvalue weighted by Crippen LogP contribution is 2.21. The Hall–Kier alpha value is -1.16. The first-order valence-corrected chi connectivity index (χ1v) is 4.84. The Morgan fingerprint density at radius 2 is 2.07 bits per heavy atom. The molecule has 84 valence electrons. The zero-order chi connectivity index (χ0) is 11.3. The number of aryl methyl sites for hydroxylation is 1. The van der Waals surface area contributed by atoms with Gasteiger partial charge in [-0.15, -0.1) is 0 Å². The van der Waals surface area contributed by atoms with Gasteiger partial charge in [0.15, 0.2) is 5.82 Å². The number of ether oxygens (including phenoxy) is 1. The molecule has 0 radical (unpaired) electrons. The highest BCUT2D eigenvalue weighted by molar-refractivity contribution is 5.48. The van der Waals surface area contributed by atoms with Gasteiger partial charge in [-0.2, -0.15) is 0 Å². The first-order chi connectivity index (χ1) is 7.16. The Bertz CT molecular complexity index is 329. The summed E-state index contributed by atoms with van der Waals surface area (Å²) >= 11 is 0. The Kier molecular flexibility index (Phi) is 4.49. The van der Waals surface area contributed by atoms with Crippen molar-refractivity contribution in [3.05, 3.63) is 29.3 Å². The van der Waals surface area contributed by atoms with Gasteiger partial charge in [0.1, 0.15) is 11.5 Å². The lowest BCUT2D eigenvalue weighted by atomic mass is 10.2.